The average molecular weight is 283 g/mol. The number of rotatable bonds is 5. The number of amides is 1. The number of Topliss-reactive ketones (excluding diaryl/α,β-unsaturated/α-hetero) is 1. The van der Waals surface area contributed by atoms with Crippen LogP contribution in [0.1, 0.15) is 0 Å². The summed E-state index contributed by atoms with van der Waals surface area (Å²) in [5, 5.41) is 2.44. The summed E-state index contributed by atoms with van der Waals surface area (Å²) in [5.74, 6) is -2.23. The maximum atomic E-state index is 12.6. The first kappa shape index (κ1) is 14.4. The van der Waals surface area contributed by atoms with Gasteiger partial charge in [0.15, 0.2) is 18.2 Å². The molecule has 2 aliphatic rings. The fourth-order valence-corrected chi connectivity index (χ4v) is 2.17. The van der Waals surface area contributed by atoms with Gasteiger partial charge in [0.05, 0.1) is 0 Å². The number of halogens is 1. The Morgan fingerprint density at radius 3 is 2.85 bits per heavy atom. The molecule has 0 unspecified atom stereocenters. The Labute approximate surface area is 114 Å². The van der Waals surface area contributed by atoms with Crippen LogP contribution in [0.25, 0.3) is 0 Å². The molecule has 0 aliphatic carbocycles. The lowest BCUT2D eigenvalue weighted by molar-refractivity contribution is -0.146. The topological polar surface area (TPSA) is 92.9 Å². The van der Waals surface area contributed by atoms with Gasteiger partial charge in [-0.3, -0.25) is 9.59 Å². The third-order valence-corrected chi connectivity index (χ3v) is 3.04. The third kappa shape index (κ3) is 2.23. The van der Waals surface area contributed by atoms with Gasteiger partial charge in [0.1, 0.15) is 12.6 Å². The number of nitrogens with zero attached hydrogens (tertiary/aromatic N) is 2. The molecule has 0 aromatic rings. The molecule has 2 N–H and O–H groups in total. The number of carbonyl (C=O) groups is 3. The molecule has 1 fully saturated rings. The number of alkyl halides is 1. The van der Waals surface area contributed by atoms with Crippen molar-refractivity contribution in [3.05, 3.63) is 23.9 Å². The minimum Gasteiger partial charge on any atom is -0.457 e. The van der Waals surface area contributed by atoms with Crippen LogP contribution in [0, 0.1) is 0 Å². The van der Waals surface area contributed by atoms with Gasteiger partial charge in [0.2, 0.25) is 0 Å². The zero-order chi connectivity index (χ0) is 14.9. The molecule has 0 saturated carbocycles. The normalized spacial score (nSPS) is 22.2. The Morgan fingerprint density at radius 1 is 1.55 bits per heavy atom. The molecule has 108 valence electrons. The SMILES string of the molecule is C=CCOC(=O)C1=C(C(=O)CF)CN2C[C@@H](N)C(=O)N12. The molecule has 1 atom stereocenters. The fourth-order valence-electron chi connectivity index (χ4n) is 2.17. The maximum Gasteiger partial charge on any atom is 0.357 e. The van der Waals surface area contributed by atoms with Gasteiger partial charge in [-0.15, -0.1) is 0 Å². The van der Waals surface area contributed by atoms with Gasteiger partial charge in [-0.25, -0.2) is 19.2 Å². The summed E-state index contributed by atoms with van der Waals surface area (Å²) in [4.78, 5) is 35.5. The molecular weight excluding hydrogens is 269 g/mol. The summed E-state index contributed by atoms with van der Waals surface area (Å²) in [5.41, 5.74) is 5.29. The predicted octanol–water partition coefficient (Wildman–Crippen LogP) is -1.09. The van der Waals surface area contributed by atoms with E-state index in [0.717, 1.165) is 5.01 Å². The first-order chi connectivity index (χ1) is 9.51. The molecule has 1 saturated heterocycles. The summed E-state index contributed by atoms with van der Waals surface area (Å²) in [6.45, 7) is 2.22. The van der Waals surface area contributed by atoms with E-state index in [0.29, 0.717) is 0 Å². The van der Waals surface area contributed by atoms with Crippen molar-refractivity contribution in [3.8, 4) is 0 Å². The van der Waals surface area contributed by atoms with Crippen molar-refractivity contribution in [1.29, 1.82) is 0 Å². The standard InChI is InChI=1S/C12H14FN3O4/c1-2-3-20-12(19)10-7(9(17)4-13)5-15-6-8(14)11(18)16(10)15/h2,8H,1,3-6,14H2/t8-/m1/s1. The summed E-state index contributed by atoms with van der Waals surface area (Å²) in [6.07, 6.45) is 1.35. The first-order valence-corrected chi connectivity index (χ1v) is 5.96. The number of hydrogen-bond acceptors (Lipinski definition) is 6. The lowest BCUT2D eigenvalue weighted by Crippen LogP contribution is -2.38. The van der Waals surface area contributed by atoms with Crippen LogP contribution in [0.5, 0.6) is 0 Å². The second-order valence-electron chi connectivity index (χ2n) is 4.37. The molecule has 0 aromatic heterocycles. The van der Waals surface area contributed by atoms with E-state index in [4.69, 9.17) is 10.5 Å². The number of carbonyl (C=O) groups excluding carboxylic acids is 3. The van der Waals surface area contributed by atoms with Gasteiger partial charge >= 0.3 is 5.97 Å². The van der Waals surface area contributed by atoms with Gasteiger partial charge in [-0.1, -0.05) is 12.7 Å². The summed E-state index contributed by atoms with van der Waals surface area (Å²) >= 11 is 0. The lowest BCUT2D eigenvalue weighted by Gasteiger charge is -2.20. The van der Waals surface area contributed by atoms with Crippen molar-refractivity contribution >= 4 is 17.7 Å². The smallest absolute Gasteiger partial charge is 0.357 e. The van der Waals surface area contributed by atoms with E-state index in [1.165, 1.54) is 11.1 Å². The molecular formula is C12H14FN3O4. The van der Waals surface area contributed by atoms with Crippen molar-refractivity contribution in [2.75, 3.05) is 26.4 Å². The van der Waals surface area contributed by atoms with E-state index in [-0.39, 0.29) is 31.0 Å². The number of fused-ring (bicyclic) bond motifs is 1. The Kier molecular flexibility index (Phi) is 3.96. The predicted molar refractivity (Wildman–Crippen MR) is 65.6 cm³/mol. The zero-order valence-corrected chi connectivity index (χ0v) is 10.7. The number of hydrogen-bond donors (Lipinski definition) is 1. The van der Waals surface area contributed by atoms with Gasteiger partial charge in [0.25, 0.3) is 5.91 Å². The van der Waals surface area contributed by atoms with Crippen LogP contribution in [0.15, 0.2) is 23.9 Å². The van der Waals surface area contributed by atoms with Crippen LogP contribution in [0.3, 0.4) is 0 Å². The second-order valence-corrected chi connectivity index (χ2v) is 4.37. The first-order valence-electron chi connectivity index (χ1n) is 5.96. The minimum atomic E-state index is -1.24. The Morgan fingerprint density at radius 2 is 2.25 bits per heavy atom. The molecule has 2 aliphatic heterocycles. The molecule has 8 heteroatoms. The summed E-state index contributed by atoms with van der Waals surface area (Å²) in [7, 11) is 0. The molecule has 0 aromatic carbocycles. The van der Waals surface area contributed by atoms with E-state index >= 15 is 0 Å². The van der Waals surface area contributed by atoms with Crippen LogP contribution in [-0.4, -0.2) is 60.1 Å². The van der Waals surface area contributed by atoms with Gasteiger partial charge in [0, 0.05) is 18.7 Å². The van der Waals surface area contributed by atoms with E-state index in [9.17, 15) is 18.8 Å². The van der Waals surface area contributed by atoms with Gasteiger partial charge < -0.3 is 10.5 Å². The molecule has 7 nitrogen and oxygen atoms in total. The molecule has 0 bridgehead atoms. The minimum absolute atomic E-state index is 0.0271. The van der Waals surface area contributed by atoms with Gasteiger partial charge in [-0.2, -0.15) is 0 Å². The molecule has 0 spiro atoms. The van der Waals surface area contributed by atoms with E-state index in [2.05, 4.69) is 6.58 Å². The van der Waals surface area contributed by atoms with Crippen LogP contribution >= 0.6 is 0 Å². The van der Waals surface area contributed by atoms with Crippen molar-refractivity contribution in [1.82, 2.24) is 10.0 Å². The highest BCUT2D eigenvalue weighted by Crippen LogP contribution is 2.30. The van der Waals surface area contributed by atoms with Crippen LogP contribution in [0.4, 0.5) is 4.39 Å². The monoisotopic (exact) mass is 283 g/mol. The third-order valence-electron chi connectivity index (χ3n) is 3.04. The number of ketones is 1. The highest BCUT2D eigenvalue weighted by Gasteiger charge is 2.47. The van der Waals surface area contributed by atoms with Crippen molar-refractivity contribution < 1.29 is 23.5 Å². The molecule has 2 heterocycles. The quantitative estimate of drug-likeness (QED) is 0.509. The largest absolute Gasteiger partial charge is 0.457 e. The summed E-state index contributed by atoms with van der Waals surface area (Å²) < 4.78 is 17.4. The van der Waals surface area contributed by atoms with E-state index < -0.39 is 30.4 Å². The van der Waals surface area contributed by atoms with Crippen molar-refractivity contribution in [2.24, 2.45) is 5.73 Å². The number of ether oxygens (including phenoxy) is 1. The average Bonchev–Trinajstić information content (AvgIpc) is 2.93. The molecule has 1 amide bonds. The van der Waals surface area contributed by atoms with Crippen molar-refractivity contribution in [3.63, 3.8) is 0 Å². The second kappa shape index (κ2) is 5.51. The Hall–Kier alpha value is -2.06. The number of esters is 1. The number of nitrogens with two attached hydrogens (primary N) is 1. The fraction of sp³-hybridized carbons (Fsp3) is 0.417. The van der Waals surface area contributed by atoms with Crippen LogP contribution in [-0.2, 0) is 19.1 Å². The molecule has 2 rings (SSSR count). The Bertz CT molecular complexity index is 517. The molecule has 20 heavy (non-hydrogen) atoms. The van der Waals surface area contributed by atoms with E-state index in [1.807, 2.05) is 0 Å². The maximum absolute atomic E-state index is 12.6. The molecule has 0 radical (unpaired) electrons. The Balaban J connectivity index is 2.36. The highest BCUT2D eigenvalue weighted by molar-refractivity contribution is 6.08. The van der Waals surface area contributed by atoms with Crippen molar-refractivity contribution in [2.45, 2.75) is 6.04 Å². The number of hydrazine groups is 1. The van der Waals surface area contributed by atoms with E-state index in [1.54, 1.807) is 0 Å². The lowest BCUT2D eigenvalue weighted by atomic mass is 10.1. The van der Waals surface area contributed by atoms with Crippen LogP contribution in [0.2, 0.25) is 0 Å². The highest BCUT2D eigenvalue weighted by atomic mass is 19.1. The zero-order valence-electron chi connectivity index (χ0n) is 10.7. The summed E-state index contributed by atoms with van der Waals surface area (Å²) in [6, 6.07) is -0.778. The van der Waals surface area contributed by atoms with Gasteiger partial charge in [-0.05, 0) is 0 Å². The van der Waals surface area contributed by atoms with Crippen LogP contribution < -0.4 is 5.73 Å².